The predicted octanol–water partition coefficient (Wildman–Crippen LogP) is 4.07. The van der Waals surface area contributed by atoms with Crippen molar-refractivity contribution in [2.75, 3.05) is 46.6 Å². The minimum Gasteiger partial charge on any atom is -0.497 e. The summed E-state index contributed by atoms with van der Waals surface area (Å²) in [5.74, 6) is 1.10. The molecule has 1 aromatic carbocycles. The van der Waals surface area contributed by atoms with Gasteiger partial charge in [0.1, 0.15) is 5.75 Å². The standard InChI is InChI=1S/C25H39NO4/c1-20(7-5-6-12-26-13-15-29-16-14-26)17-21(2)25(22(3)18-27)30-19-23-8-10-24(28-4)11-9-23/h5,7-11,17,21-22,25,27H,6,12-16,18-19H2,1-4H3/b7-5+,20-17+/t21-,22+,25+/m1/s1. The van der Waals surface area contributed by atoms with Crippen LogP contribution in [-0.4, -0.2) is 62.7 Å². The Labute approximate surface area is 182 Å². The van der Waals surface area contributed by atoms with Crippen LogP contribution in [0.3, 0.4) is 0 Å². The van der Waals surface area contributed by atoms with Crippen molar-refractivity contribution >= 4 is 0 Å². The zero-order valence-corrected chi connectivity index (χ0v) is 19.0. The van der Waals surface area contributed by atoms with E-state index >= 15 is 0 Å². The lowest BCUT2D eigenvalue weighted by atomic mass is 9.92. The van der Waals surface area contributed by atoms with E-state index in [4.69, 9.17) is 14.2 Å². The Morgan fingerprint density at radius 2 is 1.90 bits per heavy atom. The molecule has 5 nitrogen and oxygen atoms in total. The Morgan fingerprint density at radius 1 is 1.20 bits per heavy atom. The number of ether oxygens (including phenoxy) is 3. The van der Waals surface area contributed by atoms with Crippen molar-refractivity contribution in [2.45, 2.75) is 39.9 Å². The zero-order chi connectivity index (χ0) is 21.8. The molecular weight excluding hydrogens is 378 g/mol. The number of benzene rings is 1. The monoisotopic (exact) mass is 417 g/mol. The van der Waals surface area contributed by atoms with Crippen molar-refractivity contribution < 1.29 is 19.3 Å². The molecule has 0 amide bonds. The second-order valence-corrected chi connectivity index (χ2v) is 8.20. The van der Waals surface area contributed by atoms with Crippen LogP contribution in [0.25, 0.3) is 0 Å². The number of rotatable bonds is 12. The molecule has 1 aromatic rings. The zero-order valence-electron chi connectivity index (χ0n) is 19.0. The first-order valence-corrected chi connectivity index (χ1v) is 11.0. The number of hydrogen-bond acceptors (Lipinski definition) is 5. The number of allylic oxidation sites excluding steroid dienone is 2. The van der Waals surface area contributed by atoms with Gasteiger partial charge in [0, 0.05) is 38.1 Å². The van der Waals surface area contributed by atoms with Crippen LogP contribution in [-0.2, 0) is 16.1 Å². The molecule has 0 saturated carbocycles. The average molecular weight is 418 g/mol. The van der Waals surface area contributed by atoms with Crippen molar-refractivity contribution in [3.63, 3.8) is 0 Å². The van der Waals surface area contributed by atoms with Crippen molar-refractivity contribution in [1.82, 2.24) is 4.90 Å². The fraction of sp³-hybridized carbons (Fsp3) is 0.600. The SMILES string of the molecule is COc1ccc(CO[C@@H]([C@H](C)/C=C(C)/C=C/CCN2CCOCC2)[C@@H](C)CO)cc1. The number of nitrogens with zero attached hydrogens (tertiary/aromatic N) is 1. The molecule has 1 aliphatic rings. The highest BCUT2D eigenvalue weighted by Gasteiger charge is 2.23. The quantitative estimate of drug-likeness (QED) is 0.520. The van der Waals surface area contributed by atoms with Crippen LogP contribution in [0.2, 0.25) is 0 Å². The Morgan fingerprint density at radius 3 is 2.53 bits per heavy atom. The van der Waals surface area contributed by atoms with Crippen molar-refractivity contribution in [3.8, 4) is 5.75 Å². The largest absolute Gasteiger partial charge is 0.497 e. The number of hydrogen-bond donors (Lipinski definition) is 1. The highest BCUT2D eigenvalue weighted by molar-refractivity contribution is 5.26. The topological polar surface area (TPSA) is 51.2 Å². The molecule has 0 bridgehead atoms. The molecule has 0 aromatic heterocycles. The fourth-order valence-corrected chi connectivity index (χ4v) is 3.77. The molecule has 0 spiro atoms. The highest BCUT2D eigenvalue weighted by Crippen LogP contribution is 2.22. The molecule has 5 heteroatoms. The molecule has 0 aliphatic carbocycles. The second-order valence-electron chi connectivity index (χ2n) is 8.20. The Hall–Kier alpha value is -1.66. The van der Waals surface area contributed by atoms with Gasteiger partial charge in [-0.1, -0.05) is 49.8 Å². The smallest absolute Gasteiger partial charge is 0.118 e. The van der Waals surface area contributed by atoms with Crippen LogP contribution in [0.4, 0.5) is 0 Å². The summed E-state index contributed by atoms with van der Waals surface area (Å²) in [4.78, 5) is 2.45. The first-order chi connectivity index (χ1) is 14.5. The van der Waals surface area contributed by atoms with Crippen molar-refractivity contribution in [1.29, 1.82) is 0 Å². The van der Waals surface area contributed by atoms with Crippen LogP contribution in [0.5, 0.6) is 5.75 Å². The van der Waals surface area contributed by atoms with Gasteiger partial charge in [0.2, 0.25) is 0 Å². The number of aliphatic hydroxyl groups is 1. The number of aliphatic hydroxyl groups excluding tert-OH is 1. The van der Waals surface area contributed by atoms with E-state index in [0.29, 0.717) is 6.61 Å². The average Bonchev–Trinajstić information content (AvgIpc) is 2.77. The Kier molecular flexibility index (Phi) is 11.2. The van der Waals surface area contributed by atoms with E-state index in [1.807, 2.05) is 31.2 Å². The predicted molar refractivity (Wildman–Crippen MR) is 122 cm³/mol. The van der Waals surface area contributed by atoms with Gasteiger partial charge in [-0.3, -0.25) is 4.90 Å². The van der Waals surface area contributed by atoms with Crippen molar-refractivity contribution in [2.24, 2.45) is 11.8 Å². The summed E-state index contributed by atoms with van der Waals surface area (Å²) in [6.07, 6.45) is 7.69. The first-order valence-electron chi connectivity index (χ1n) is 11.0. The van der Waals surface area contributed by atoms with E-state index in [2.05, 4.69) is 37.0 Å². The molecule has 1 N–H and O–H groups in total. The van der Waals surface area contributed by atoms with Gasteiger partial charge in [0.15, 0.2) is 0 Å². The maximum absolute atomic E-state index is 9.71. The maximum Gasteiger partial charge on any atom is 0.118 e. The van der Waals surface area contributed by atoms with Crippen molar-refractivity contribution in [3.05, 3.63) is 53.6 Å². The molecular formula is C25H39NO4. The number of methoxy groups -OCH3 is 1. The minimum atomic E-state index is -0.0474. The molecule has 3 atom stereocenters. The summed E-state index contributed by atoms with van der Waals surface area (Å²) in [7, 11) is 1.66. The molecule has 1 fully saturated rings. The molecule has 1 saturated heterocycles. The van der Waals surface area contributed by atoms with E-state index in [-0.39, 0.29) is 24.5 Å². The lowest BCUT2D eigenvalue weighted by molar-refractivity contribution is -0.0309. The lowest BCUT2D eigenvalue weighted by Crippen LogP contribution is -2.36. The van der Waals surface area contributed by atoms with Gasteiger partial charge in [0.05, 0.1) is 33.0 Å². The highest BCUT2D eigenvalue weighted by atomic mass is 16.5. The molecule has 1 aliphatic heterocycles. The third-order valence-electron chi connectivity index (χ3n) is 5.59. The molecule has 168 valence electrons. The van der Waals surface area contributed by atoms with E-state index in [1.165, 1.54) is 5.57 Å². The van der Waals surface area contributed by atoms with Crippen LogP contribution in [0.15, 0.2) is 48.1 Å². The van der Waals surface area contributed by atoms with E-state index < -0.39 is 0 Å². The van der Waals surface area contributed by atoms with Gasteiger partial charge < -0.3 is 19.3 Å². The van der Waals surface area contributed by atoms with Gasteiger partial charge in [0.25, 0.3) is 0 Å². The fourth-order valence-electron chi connectivity index (χ4n) is 3.77. The lowest BCUT2D eigenvalue weighted by Gasteiger charge is -2.27. The Balaban J connectivity index is 1.86. The summed E-state index contributed by atoms with van der Waals surface area (Å²) in [5.41, 5.74) is 2.33. The third-order valence-corrected chi connectivity index (χ3v) is 5.59. The van der Waals surface area contributed by atoms with Gasteiger partial charge in [-0.2, -0.15) is 0 Å². The molecule has 30 heavy (non-hydrogen) atoms. The van der Waals surface area contributed by atoms with Gasteiger partial charge in [-0.15, -0.1) is 0 Å². The van der Waals surface area contributed by atoms with Gasteiger partial charge >= 0.3 is 0 Å². The van der Waals surface area contributed by atoms with Gasteiger partial charge in [-0.25, -0.2) is 0 Å². The first kappa shape index (κ1) is 24.6. The second kappa shape index (κ2) is 13.6. The van der Waals surface area contributed by atoms with Crippen LogP contribution < -0.4 is 4.74 Å². The molecule has 2 rings (SSSR count). The normalized spacial score (nSPS) is 19.0. The van der Waals surface area contributed by atoms with E-state index in [9.17, 15) is 5.11 Å². The third kappa shape index (κ3) is 8.60. The molecule has 0 unspecified atom stereocenters. The van der Waals surface area contributed by atoms with Crippen LogP contribution in [0, 0.1) is 11.8 Å². The number of morpholine rings is 1. The summed E-state index contributed by atoms with van der Waals surface area (Å²) in [5, 5.41) is 9.71. The van der Waals surface area contributed by atoms with Crippen LogP contribution >= 0.6 is 0 Å². The molecule has 0 radical (unpaired) electrons. The minimum absolute atomic E-state index is 0.0474. The van der Waals surface area contributed by atoms with E-state index in [0.717, 1.165) is 50.6 Å². The summed E-state index contributed by atoms with van der Waals surface area (Å²) >= 11 is 0. The summed E-state index contributed by atoms with van der Waals surface area (Å²) < 4.78 is 16.8. The summed E-state index contributed by atoms with van der Waals surface area (Å²) in [6, 6.07) is 7.92. The molecule has 1 heterocycles. The van der Waals surface area contributed by atoms with E-state index in [1.54, 1.807) is 7.11 Å². The maximum atomic E-state index is 9.71. The van der Waals surface area contributed by atoms with Gasteiger partial charge in [-0.05, 0) is 31.0 Å². The van der Waals surface area contributed by atoms with Crippen LogP contribution in [0.1, 0.15) is 32.8 Å². The summed E-state index contributed by atoms with van der Waals surface area (Å²) in [6.45, 7) is 11.8. The Bertz CT molecular complexity index is 650.